The molecule has 2 aromatic carbocycles. The van der Waals surface area contributed by atoms with Crippen LogP contribution in [0.4, 0.5) is 5.69 Å². The van der Waals surface area contributed by atoms with E-state index >= 15 is 0 Å². The lowest BCUT2D eigenvalue weighted by molar-refractivity contribution is -0.121. The Bertz CT molecular complexity index is 867. The lowest BCUT2D eigenvalue weighted by Crippen LogP contribution is -2.37. The molecule has 1 saturated heterocycles. The Morgan fingerprint density at radius 1 is 1.00 bits per heavy atom. The highest BCUT2D eigenvalue weighted by Crippen LogP contribution is 2.33. The number of nitrogens with one attached hydrogen (secondary N) is 1. The maximum atomic E-state index is 12.6. The zero-order chi connectivity index (χ0) is 19.5. The Morgan fingerprint density at radius 2 is 1.75 bits per heavy atom. The molecule has 1 amide bonds. The van der Waals surface area contributed by atoms with E-state index in [9.17, 15) is 4.79 Å². The van der Waals surface area contributed by atoms with Crippen LogP contribution in [0.2, 0.25) is 10.0 Å². The van der Waals surface area contributed by atoms with E-state index in [2.05, 4.69) is 10.2 Å². The van der Waals surface area contributed by atoms with Crippen LogP contribution in [0.3, 0.4) is 0 Å². The first kappa shape index (κ1) is 19.4. The van der Waals surface area contributed by atoms with Crippen molar-refractivity contribution in [3.63, 3.8) is 0 Å². The van der Waals surface area contributed by atoms with Gasteiger partial charge in [0.1, 0.15) is 13.2 Å². The van der Waals surface area contributed by atoms with Gasteiger partial charge >= 0.3 is 0 Å². The first-order valence-electron chi connectivity index (χ1n) is 9.45. The number of likely N-dealkylation sites (tertiary alicyclic amines) is 1. The van der Waals surface area contributed by atoms with Gasteiger partial charge < -0.3 is 14.8 Å². The summed E-state index contributed by atoms with van der Waals surface area (Å²) < 4.78 is 11.1. The summed E-state index contributed by atoms with van der Waals surface area (Å²) in [6.07, 6.45) is 1.66. The normalized spacial score (nSPS) is 17.4. The summed E-state index contributed by atoms with van der Waals surface area (Å²) in [6, 6.07) is 11.2. The molecule has 0 aliphatic carbocycles. The number of halogens is 2. The second-order valence-electron chi connectivity index (χ2n) is 7.15. The van der Waals surface area contributed by atoms with Crippen molar-refractivity contribution < 1.29 is 14.3 Å². The number of anilines is 1. The number of hydrogen-bond donors (Lipinski definition) is 1. The van der Waals surface area contributed by atoms with E-state index in [1.807, 2.05) is 36.4 Å². The smallest absolute Gasteiger partial charge is 0.227 e. The van der Waals surface area contributed by atoms with Gasteiger partial charge in [0, 0.05) is 24.2 Å². The summed E-state index contributed by atoms with van der Waals surface area (Å²) in [5.74, 6) is 1.48. The highest BCUT2D eigenvalue weighted by molar-refractivity contribution is 6.42. The van der Waals surface area contributed by atoms with Crippen LogP contribution < -0.4 is 14.8 Å². The Balaban J connectivity index is 1.29. The van der Waals surface area contributed by atoms with Crippen molar-refractivity contribution in [3.05, 3.63) is 52.0 Å². The maximum absolute atomic E-state index is 12.6. The van der Waals surface area contributed by atoms with Gasteiger partial charge in [0.05, 0.1) is 10.0 Å². The van der Waals surface area contributed by atoms with Crippen molar-refractivity contribution >= 4 is 34.8 Å². The first-order chi connectivity index (χ1) is 13.6. The second kappa shape index (κ2) is 8.60. The Labute approximate surface area is 174 Å². The molecule has 1 fully saturated rings. The van der Waals surface area contributed by atoms with Gasteiger partial charge in [-0.2, -0.15) is 0 Å². The van der Waals surface area contributed by atoms with E-state index in [-0.39, 0.29) is 11.8 Å². The predicted octanol–water partition coefficient (Wildman–Crippen LogP) is 4.62. The predicted molar refractivity (Wildman–Crippen MR) is 111 cm³/mol. The minimum atomic E-state index is 0.0123. The number of hydrogen-bond acceptors (Lipinski definition) is 4. The lowest BCUT2D eigenvalue weighted by atomic mass is 9.95. The van der Waals surface area contributed by atoms with Crippen LogP contribution in [0.25, 0.3) is 0 Å². The fourth-order valence-electron chi connectivity index (χ4n) is 3.61. The van der Waals surface area contributed by atoms with Crippen LogP contribution in [0.5, 0.6) is 11.5 Å². The highest BCUT2D eigenvalue weighted by atomic mass is 35.5. The molecule has 0 bridgehead atoms. The van der Waals surface area contributed by atoms with Crippen molar-refractivity contribution in [2.45, 2.75) is 19.4 Å². The average molecular weight is 421 g/mol. The van der Waals surface area contributed by atoms with Gasteiger partial charge in [-0.15, -0.1) is 0 Å². The van der Waals surface area contributed by atoms with E-state index in [4.69, 9.17) is 32.7 Å². The Kier molecular flexibility index (Phi) is 5.95. The van der Waals surface area contributed by atoms with Gasteiger partial charge in [0.15, 0.2) is 11.5 Å². The molecule has 4 rings (SSSR count). The molecule has 2 aromatic rings. The minimum Gasteiger partial charge on any atom is -0.486 e. The van der Waals surface area contributed by atoms with Gasteiger partial charge in [-0.05, 0) is 55.8 Å². The molecule has 28 heavy (non-hydrogen) atoms. The molecular weight excluding hydrogens is 399 g/mol. The molecule has 5 nitrogen and oxygen atoms in total. The molecule has 1 N–H and O–H groups in total. The molecular formula is C21H22Cl2N2O3. The average Bonchev–Trinajstić information content (AvgIpc) is 2.71. The third kappa shape index (κ3) is 4.54. The number of fused-ring (bicyclic) bond motifs is 1. The fourth-order valence-corrected chi connectivity index (χ4v) is 3.94. The quantitative estimate of drug-likeness (QED) is 0.783. The van der Waals surface area contributed by atoms with Crippen LogP contribution in [0, 0.1) is 5.92 Å². The number of piperidine rings is 1. The number of nitrogens with zero attached hydrogens (tertiary/aromatic N) is 1. The van der Waals surface area contributed by atoms with Crippen LogP contribution >= 0.6 is 23.2 Å². The van der Waals surface area contributed by atoms with Gasteiger partial charge in [0.25, 0.3) is 0 Å². The molecule has 0 unspecified atom stereocenters. The summed E-state index contributed by atoms with van der Waals surface area (Å²) in [5, 5.41) is 4.16. The van der Waals surface area contributed by atoms with Crippen molar-refractivity contribution in [1.29, 1.82) is 0 Å². The van der Waals surface area contributed by atoms with Gasteiger partial charge in [0.2, 0.25) is 5.91 Å². The number of amides is 1. The van der Waals surface area contributed by atoms with Crippen LogP contribution in [-0.2, 0) is 11.3 Å². The summed E-state index contributed by atoms with van der Waals surface area (Å²) in [5.41, 5.74) is 1.88. The summed E-state index contributed by atoms with van der Waals surface area (Å²) in [4.78, 5) is 15.0. The number of rotatable bonds is 4. The third-order valence-corrected chi connectivity index (χ3v) is 5.90. The van der Waals surface area contributed by atoms with E-state index in [0.29, 0.717) is 29.0 Å². The SMILES string of the molecule is O=C(Nc1ccc2c(c1)OCCO2)C1CCN(Cc2ccc(Cl)c(Cl)c2)CC1. The topological polar surface area (TPSA) is 50.8 Å². The van der Waals surface area contributed by atoms with Crippen molar-refractivity contribution in [1.82, 2.24) is 4.90 Å². The first-order valence-corrected chi connectivity index (χ1v) is 10.2. The zero-order valence-corrected chi connectivity index (χ0v) is 16.9. The Morgan fingerprint density at radius 3 is 2.50 bits per heavy atom. The van der Waals surface area contributed by atoms with Crippen molar-refractivity contribution in [2.24, 2.45) is 5.92 Å². The molecule has 148 valence electrons. The van der Waals surface area contributed by atoms with E-state index < -0.39 is 0 Å². The lowest BCUT2D eigenvalue weighted by Gasteiger charge is -2.31. The monoisotopic (exact) mass is 420 g/mol. The van der Waals surface area contributed by atoms with Gasteiger partial charge in [-0.25, -0.2) is 0 Å². The molecule has 2 aliphatic rings. The fraction of sp³-hybridized carbons (Fsp3) is 0.381. The standard InChI is InChI=1S/C21H22Cl2N2O3/c22-17-3-1-14(11-18(17)23)13-25-7-5-15(6-8-25)21(26)24-16-2-4-19-20(12-16)28-10-9-27-19/h1-4,11-12,15H,5-10,13H2,(H,24,26). The zero-order valence-electron chi connectivity index (χ0n) is 15.4. The third-order valence-electron chi connectivity index (χ3n) is 5.16. The Hall–Kier alpha value is -1.95. The van der Waals surface area contributed by atoms with Crippen LogP contribution in [-0.4, -0.2) is 37.1 Å². The molecule has 0 radical (unpaired) electrons. The van der Waals surface area contributed by atoms with E-state index in [0.717, 1.165) is 49.5 Å². The van der Waals surface area contributed by atoms with Crippen molar-refractivity contribution in [3.8, 4) is 11.5 Å². The van der Waals surface area contributed by atoms with Gasteiger partial charge in [-0.3, -0.25) is 9.69 Å². The number of carbonyl (C=O) groups is 1. The van der Waals surface area contributed by atoms with E-state index in [1.54, 1.807) is 0 Å². The molecule has 0 saturated carbocycles. The molecule has 0 aromatic heterocycles. The summed E-state index contributed by atoms with van der Waals surface area (Å²) in [7, 11) is 0. The molecule has 0 spiro atoms. The van der Waals surface area contributed by atoms with Crippen molar-refractivity contribution in [2.75, 3.05) is 31.6 Å². The molecule has 2 heterocycles. The molecule has 2 aliphatic heterocycles. The van der Waals surface area contributed by atoms with E-state index in [1.165, 1.54) is 0 Å². The number of benzene rings is 2. The number of carbonyl (C=O) groups excluding carboxylic acids is 1. The minimum absolute atomic E-state index is 0.0123. The maximum Gasteiger partial charge on any atom is 0.227 e. The van der Waals surface area contributed by atoms with Crippen LogP contribution in [0.1, 0.15) is 18.4 Å². The largest absolute Gasteiger partial charge is 0.486 e. The van der Waals surface area contributed by atoms with Crippen LogP contribution in [0.15, 0.2) is 36.4 Å². The second-order valence-corrected chi connectivity index (χ2v) is 7.96. The van der Waals surface area contributed by atoms with Gasteiger partial charge in [-0.1, -0.05) is 29.3 Å². The summed E-state index contributed by atoms with van der Waals surface area (Å²) in [6.45, 7) is 3.65. The molecule has 0 atom stereocenters. The molecule has 7 heteroatoms. The number of ether oxygens (including phenoxy) is 2. The summed E-state index contributed by atoms with van der Waals surface area (Å²) >= 11 is 12.1. The highest BCUT2D eigenvalue weighted by Gasteiger charge is 2.25.